The van der Waals surface area contributed by atoms with Crippen molar-refractivity contribution in [1.29, 1.82) is 0 Å². The van der Waals surface area contributed by atoms with Crippen molar-refractivity contribution in [3.8, 4) is 0 Å². The molecule has 0 fully saturated rings. The van der Waals surface area contributed by atoms with Crippen LogP contribution in [0, 0.1) is 0 Å². The summed E-state index contributed by atoms with van der Waals surface area (Å²) in [6.07, 6.45) is 2.07. The van der Waals surface area contributed by atoms with Crippen LogP contribution in [-0.4, -0.2) is 6.04 Å². The van der Waals surface area contributed by atoms with Gasteiger partial charge in [0.05, 0.1) is 10.0 Å². The monoisotopic (exact) mass is 307 g/mol. The predicted molar refractivity (Wildman–Crippen MR) is 87.5 cm³/mol. The van der Waals surface area contributed by atoms with E-state index < -0.39 is 0 Å². The molecule has 1 unspecified atom stereocenters. The van der Waals surface area contributed by atoms with Crippen molar-refractivity contribution >= 4 is 23.2 Å². The Morgan fingerprint density at radius 1 is 0.950 bits per heavy atom. The third-order valence-corrected chi connectivity index (χ3v) is 4.09. The molecular formula is C17H19Cl2N. The highest BCUT2D eigenvalue weighted by Gasteiger charge is 2.04. The van der Waals surface area contributed by atoms with Gasteiger partial charge >= 0.3 is 0 Å². The second kappa shape index (κ2) is 7.68. The molecule has 2 rings (SSSR count). The molecule has 1 N–H and O–H groups in total. The minimum Gasteiger partial charge on any atom is -0.310 e. The van der Waals surface area contributed by atoms with Crippen LogP contribution >= 0.6 is 23.2 Å². The number of halogens is 2. The largest absolute Gasteiger partial charge is 0.310 e. The SMILES string of the molecule is CC(CCc1ccc(Cl)c(Cl)c1)NCc1ccccc1. The topological polar surface area (TPSA) is 12.0 Å². The van der Waals surface area contributed by atoms with Gasteiger partial charge in [0.2, 0.25) is 0 Å². The van der Waals surface area contributed by atoms with Crippen molar-refractivity contribution < 1.29 is 0 Å². The maximum absolute atomic E-state index is 6.02. The Morgan fingerprint density at radius 3 is 2.40 bits per heavy atom. The molecule has 1 atom stereocenters. The predicted octanol–water partition coefficient (Wildman–Crippen LogP) is 5.10. The molecule has 1 nitrogen and oxygen atoms in total. The number of benzene rings is 2. The summed E-state index contributed by atoms with van der Waals surface area (Å²) in [5, 5.41) is 4.79. The van der Waals surface area contributed by atoms with Gasteiger partial charge in [-0.3, -0.25) is 0 Å². The Morgan fingerprint density at radius 2 is 1.70 bits per heavy atom. The summed E-state index contributed by atoms with van der Waals surface area (Å²) in [6.45, 7) is 3.11. The van der Waals surface area contributed by atoms with E-state index in [0.717, 1.165) is 19.4 Å². The van der Waals surface area contributed by atoms with Gasteiger partial charge in [0.25, 0.3) is 0 Å². The minimum atomic E-state index is 0.463. The fourth-order valence-corrected chi connectivity index (χ4v) is 2.39. The molecule has 2 aromatic rings. The van der Waals surface area contributed by atoms with E-state index in [9.17, 15) is 0 Å². The van der Waals surface area contributed by atoms with Crippen LogP contribution in [-0.2, 0) is 13.0 Å². The average Bonchev–Trinajstić information content (AvgIpc) is 2.47. The van der Waals surface area contributed by atoms with E-state index in [1.54, 1.807) is 0 Å². The Labute approximate surface area is 130 Å². The highest BCUT2D eigenvalue weighted by atomic mass is 35.5. The van der Waals surface area contributed by atoms with Gasteiger partial charge in [0, 0.05) is 12.6 Å². The molecule has 0 amide bonds. The van der Waals surface area contributed by atoms with Gasteiger partial charge in [-0.05, 0) is 43.0 Å². The first-order valence-electron chi connectivity index (χ1n) is 6.86. The summed E-state index contributed by atoms with van der Waals surface area (Å²) in [7, 11) is 0. The zero-order valence-corrected chi connectivity index (χ0v) is 13.1. The van der Waals surface area contributed by atoms with Crippen LogP contribution < -0.4 is 5.32 Å². The highest BCUT2D eigenvalue weighted by Crippen LogP contribution is 2.23. The van der Waals surface area contributed by atoms with Crippen molar-refractivity contribution in [2.45, 2.75) is 32.4 Å². The standard InChI is InChI=1S/C17H19Cl2N/c1-13(20-12-15-5-3-2-4-6-15)7-8-14-9-10-16(18)17(19)11-14/h2-6,9-11,13,20H,7-8,12H2,1H3. The van der Waals surface area contributed by atoms with Crippen LogP contribution in [0.15, 0.2) is 48.5 Å². The maximum atomic E-state index is 6.02. The van der Waals surface area contributed by atoms with E-state index in [4.69, 9.17) is 23.2 Å². The van der Waals surface area contributed by atoms with E-state index in [2.05, 4.69) is 36.5 Å². The Hall–Kier alpha value is -1.02. The van der Waals surface area contributed by atoms with Gasteiger partial charge in [0.15, 0.2) is 0 Å². The van der Waals surface area contributed by atoms with Crippen LogP contribution in [0.5, 0.6) is 0 Å². The second-order valence-electron chi connectivity index (χ2n) is 5.05. The molecule has 20 heavy (non-hydrogen) atoms. The Balaban J connectivity index is 1.77. The Kier molecular flexibility index (Phi) is 5.90. The first-order valence-corrected chi connectivity index (χ1v) is 7.62. The number of rotatable bonds is 6. The molecule has 2 aromatic carbocycles. The van der Waals surface area contributed by atoms with Crippen molar-refractivity contribution in [1.82, 2.24) is 5.32 Å². The number of hydrogen-bond acceptors (Lipinski definition) is 1. The summed E-state index contributed by atoms with van der Waals surface area (Å²) in [4.78, 5) is 0. The second-order valence-corrected chi connectivity index (χ2v) is 5.87. The average molecular weight is 308 g/mol. The maximum Gasteiger partial charge on any atom is 0.0595 e. The summed E-state index contributed by atoms with van der Waals surface area (Å²) in [6, 6.07) is 16.8. The lowest BCUT2D eigenvalue weighted by atomic mass is 10.1. The molecule has 0 aromatic heterocycles. The molecule has 0 spiro atoms. The van der Waals surface area contributed by atoms with E-state index in [1.165, 1.54) is 11.1 Å². The lowest BCUT2D eigenvalue weighted by Crippen LogP contribution is -2.25. The third-order valence-electron chi connectivity index (χ3n) is 3.35. The lowest BCUT2D eigenvalue weighted by molar-refractivity contribution is 0.514. The van der Waals surface area contributed by atoms with Crippen LogP contribution in [0.2, 0.25) is 10.0 Å². The highest BCUT2D eigenvalue weighted by molar-refractivity contribution is 6.42. The van der Waals surface area contributed by atoms with Crippen LogP contribution in [0.1, 0.15) is 24.5 Å². The molecule has 0 aliphatic heterocycles. The van der Waals surface area contributed by atoms with Crippen molar-refractivity contribution in [2.24, 2.45) is 0 Å². The van der Waals surface area contributed by atoms with Crippen molar-refractivity contribution in [3.63, 3.8) is 0 Å². The molecule has 106 valence electrons. The van der Waals surface area contributed by atoms with Crippen LogP contribution in [0.3, 0.4) is 0 Å². The van der Waals surface area contributed by atoms with E-state index in [1.807, 2.05) is 24.3 Å². The normalized spacial score (nSPS) is 12.3. The van der Waals surface area contributed by atoms with Gasteiger partial charge in [-0.2, -0.15) is 0 Å². The molecule has 3 heteroatoms. The van der Waals surface area contributed by atoms with Crippen molar-refractivity contribution in [3.05, 3.63) is 69.7 Å². The Bertz CT molecular complexity index is 540. The number of aryl methyl sites for hydroxylation is 1. The van der Waals surface area contributed by atoms with Crippen molar-refractivity contribution in [2.75, 3.05) is 0 Å². The molecule has 0 aliphatic rings. The van der Waals surface area contributed by atoms with E-state index in [-0.39, 0.29) is 0 Å². The molecule has 0 saturated heterocycles. The smallest absolute Gasteiger partial charge is 0.0595 e. The van der Waals surface area contributed by atoms with Crippen LogP contribution in [0.4, 0.5) is 0 Å². The first kappa shape index (κ1) is 15.4. The van der Waals surface area contributed by atoms with Gasteiger partial charge < -0.3 is 5.32 Å². The molecule has 0 saturated carbocycles. The molecule has 0 aliphatic carbocycles. The lowest BCUT2D eigenvalue weighted by Gasteiger charge is -2.14. The molecule has 0 radical (unpaired) electrons. The van der Waals surface area contributed by atoms with Gasteiger partial charge in [-0.25, -0.2) is 0 Å². The molecule has 0 heterocycles. The summed E-state index contributed by atoms with van der Waals surface area (Å²) >= 11 is 11.9. The van der Waals surface area contributed by atoms with E-state index >= 15 is 0 Å². The molecule has 0 bridgehead atoms. The van der Waals surface area contributed by atoms with E-state index in [0.29, 0.717) is 16.1 Å². The van der Waals surface area contributed by atoms with Gasteiger partial charge in [-0.15, -0.1) is 0 Å². The van der Waals surface area contributed by atoms with Crippen LogP contribution in [0.25, 0.3) is 0 Å². The number of nitrogens with one attached hydrogen (secondary N) is 1. The quantitative estimate of drug-likeness (QED) is 0.782. The summed E-state index contributed by atoms with van der Waals surface area (Å²) in [5.41, 5.74) is 2.54. The minimum absolute atomic E-state index is 0.463. The fourth-order valence-electron chi connectivity index (χ4n) is 2.07. The summed E-state index contributed by atoms with van der Waals surface area (Å²) in [5.74, 6) is 0. The zero-order valence-electron chi connectivity index (χ0n) is 11.6. The fraction of sp³-hybridized carbons (Fsp3) is 0.294. The number of hydrogen-bond donors (Lipinski definition) is 1. The van der Waals surface area contributed by atoms with Gasteiger partial charge in [-0.1, -0.05) is 59.6 Å². The molecular weight excluding hydrogens is 289 g/mol. The summed E-state index contributed by atoms with van der Waals surface area (Å²) < 4.78 is 0. The first-order chi connectivity index (χ1) is 9.65. The van der Waals surface area contributed by atoms with Gasteiger partial charge in [0.1, 0.15) is 0 Å². The zero-order chi connectivity index (χ0) is 14.4. The third kappa shape index (κ3) is 4.82.